The van der Waals surface area contributed by atoms with Crippen molar-refractivity contribution in [1.29, 1.82) is 0 Å². The maximum Gasteiger partial charge on any atom is 0.103 e. The number of likely N-dealkylation sites (tertiary alicyclic amines) is 1. The minimum atomic E-state index is -0.655. The van der Waals surface area contributed by atoms with E-state index in [9.17, 15) is 5.11 Å². The highest BCUT2D eigenvalue weighted by Crippen LogP contribution is 2.38. The van der Waals surface area contributed by atoms with Gasteiger partial charge in [-0.05, 0) is 36.0 Å². The highest BCUT2D eigenvalue weighted by Gasteiger charge is 2.42. The van der Waals surface area contributed by atoms with Gasteiger partial charge in [0.2, 0.25) is 0 Å². The van der Waals surface area contributed by atoms with E-state index in [1.54, 1.807) is 0 Å². The van der Waals surface area contributed by atoms with Crippen molar-refractivity contribution in [3.8, 4) is 11.1 Å². The Labute approximate surface area is 126 Å². The van der Waals surface area contributed by atoms with E-state index in [1.807, 2.05) is 6.07 Å². The van der Waals surface area contributed by atoms with Gasteiger partial charge in [0.05, 0.1) is 0 Å². The van der Waals surface area contributed by atoms with Crippen LogP contribution >= 0.6 is 0 Å². The number of rotatable bonds is 3. The zero-order chi connectivity index (χ0) is 14.3. The molecule has 1 saturated carbocycles. The van der Waals surface area contributed by atoms with Gasteiger partial charge in [-0.2, -0.15) is 0 Å². The fourth-order valence-electron chi connectivity index (χ4n) is 3.41. The van der Waals surface area contributed by atoms with Crippen LogP contribution in [0.2, 0.25) is 0 Å². The van der Waals surface area contributed by atoms with Gasteiger partial charge in [0.1, 0.15) is 5.60 Å². The summed E-state index contributed by atoms with van der Waals surface area (Å²) in [6.45, 7) is 1.82. The van der Waals surface area contributed by atoms with Gasteiger partial charge >= 0.3 is 0 Å². The van der Waals surface area contributed by atoms with Gasteiger partial charge in [-0.25, -0.2) is 0 Å². The van der Waals surface area contributed by atoms with E-state index in [-0.39, 0.29) is 0 Å². The Hall–Kier alpha value is -1.64. The summed E-state index contributed by atoms with van der Waals surface area (Å²) in [5.41, 5.74) is 2.84. The number of nitrogens with zero attached hydrogens (tertiary/aromatic N) is 1. The van der Waals surface area contributed by atoms with E-state index >= 15 is 0 Å². The SMILES string of the molecule is OC1(c2ccc(-c3ccccc3)cc2)CCN(C2CC2)C1. The first-order valence-corrected chi connectivity index (χ1v) is 7.87. The standard InChI is InChI=1S/C19H21NO/c21-19(12-13-20(14-19)18-10-11-18)17-8-6-16(7-9-17)15-4-2-1-3-5-15/h1-9,18,21H,10-14H2. The summed E-state index contributed by atoms with van der Waals surface area (Å²) < 4.78 is 0. The molecule has 2 aromatic carbocycles. The van der Waals surface area contributed by atoms with E-state index < -0.39 is 5.60 Å². The molecule has 2 nitrogen and oxygen atoms in total. The molecule has 0 amide bonds. The van der Waals surface area contributed by atoms with Crippen molar-refractivity contribution in [2.24, 2.45) is 0 Å². The quantitative estimate of drug-likeness (QED) is 0.930. The van der Waals surface area contributed by atoms with Crippen LogP contribution in [0.1, 0.15) is 24.8 Å². The van der Waals surface area contributed by atoms with Crippen LogP contribution in [-0.4, -0.2) is 29.1 Å². The smallest absolute Gasteiger partial charge is 0.103 e. The number of benzene rings is 2. The third-order valence-corrected chi connectivity index (χ3v) is 4.87. The Kier molecular flexibility index (Phi) is 3.09. The van der Waals surface area contributed by atoms with Gasteiger partial charge in [-0.3, -0.25) is 4.90 Å². The zero-order valence-electron chi connectivity index (χ0n) is 12.2. The molecule has 21 heavy (non-hydrogen) atoms. The van der Waals surface area contributed by atoms with Crippen molar-refractivity contribution >= 4 is 0 Å². The lowest BCUT2D eigenvalue weighted by molar-refractivity contribution is 0.0452. The summed E-state index contributed by atoms with van der Waals surface area (Å²) in [5.74, 6) is 0. The van der Waals surface area contributed by atoms with Crippen LogP contribution in [0.3, 0.4) is 0 Å². The second-order valence-electron chi connectivity index (χ2n) is 6.43. The minimum Gasteiger partial charge on any atom is -0.384 e. The summed E-state index contributed by atoms with van der Waals surface area (Å²) in [4.78, 5) is 2.45. The molecule has 1 aliphatic heterocycles. The molecule has 2 fully saturated rings. The summed E-state index contributed by atoms with van der Waals surface area (Å²) in [7, 11) is 0. The number of hydrogen-bond donors (Lipinski definition) is 1. The van der Waals surface area contributed by atoms with Gasteiger partial charge in [-0.15, -0.1) is 0 Å². The first kappa shape index (κ1) is 13.1. The van der Waals surface area contributed by atoms with Crippen LogP contribution in [0.25, 0.3) is 11.1 Å². The third-order valence-electron chi connectivity index (χ3n) is 4.87. The lowest BCUT2D eigenvalue weighted by Gasteiger charge is -2.24. The monoisotopic (exact) mass is 279 g/mol. The Balaban J connectivity index is 1.56. The largest absolute Gasteiger partial charge is 0.384 e. The van der Waals surface area contributed by atoms with Crippen LogP contribution in [0, 0.1) is 0 Å². The van der Waals surface area contributed by atoms with E-state index in [4.69, 9.17) is 0 Å². The van der Waals surface area contributed by atoms with Crippen molar-refractivity contribution < 1.29 is 5.11 Å². The van der Waals surface area contributed by atoms with Gasteiger partial charge in [-0.1, -0.05) is 54.6 Å². The molecule has 0 radical (unpaired) electrons. The van der Waals surface area contributed by atoms with Crippen LogP contribution in [0.15, 0.2) is 54.6 Å². The molecule has 2 aromatic rings. The lowest BCUT2D eigenvalue weighted by Crippen LogP contribution is -2.31. The Morgan fingerprint density at radius 2 is 1.57 bits per heavy atom. The summed E-state index contributed by atoms with van der Waals surface area (Å²) in [6.07, 6.45) is 3.47. The highest BCUT2D eigenvalue weighted by atomic mass is 16.3. The average Bonchev–Trinajstić information content (AvgIpc) is 3.31. The first-order chi connectivity index (χ1) is 10.2. The molecule has 2 heteroatoms. The predicted octanol–water partition coefficient (Wildman–Crippen LogP) is 3.41. The van der Waals surface area contributed by atoms with Gasteiger partial charge in [0.15, 0.2) is 0 Å². The molecule has 1 N–H and O–H groups in total. The molecule has 2 aliphatic rings. The molecule has 1 atom stereocenters. The van der Waals surface area contributed by atoms with Crippen LogP contribution in [0.5, 0.6) is 0 Å². The topological polar surface area (TPSA) is 23.5 Å². The fourth-order valence-corrected chi connectivity index (χ4v) is 3.41. The van der Waals surface area contributed by atoms with Crippen LogP contribution in [0.4, 0.5) is 0 Å². The molecular weight excluding hydrogens is 258 g/mol. The maximum absolute atomic E-state index is 10.9. The van der Waals surface area contributed by atoms with Crippen LogP contribution < -0.4 is 0 Å². The molecule has 1 saturated heterocycles. The molecule has 4 rings (SSSR count). The molecule has 0 spiro atoms. The van der Waals surface area contributed by atoms with Crippen molar-refractivity contribution in [1.82, 2.24) is 4.90 Å². The van der Waals surface area contributed by atoms with Crippen molar-refractivity contribution in [2.45, 2.75) is 30.9 Å². The fraction of sp³-hybridized carbons (Fsp3) is 0.368. The normalized spacial score (nSPS) is 26.1. The molecular formula is C19H21NO. The highest BCUT2D eigenvalue weighted by molar-refractivity contribution is 5.63. The van der Waals surface area contributed by atoms with Crippen molar-refractivity contribution in [3.63, 3.8) is 0 Å². The van der Waals surface area contributed by atoms with E-state index in [0.717, 1.165) is 31.1 Å². The van der Waals surface area contributed by atoms with Crippen molar-refractivity contribution in [3.05, 3.63) is 60.2 Å². The first-order valence-electron chi connectivity index (χ1n) is 7.87. The van der Waals surface area contributed by atoms with E-state index in [1.165, 1.54) is 24.0 Å². The molecule has 0 bridgehead atoms. The zero-order valence-corrected chi connectivity index (χ0v) is 12.2. The summed E-state index contributed by atoms with van der Waals surface area (Å²) in [5, 5.41) is 10.9. The molecule has 108 valence electrons. The second kappa shape index (κ2) is 4.97. The summed E-state index contributed by atoms with van der Waals surface area (Å²) in [6, 6.07) is 19.6. The predicted molar refractivity (Wildman–Crippen MR) is 85.0 cm³/mol. The third kappa shape index (κ3) is 2.50. The van der Waals surface area contributed by atoms with E-state index in [2.05, 4.69) is 53.4 Å². The van der Waals surface area contributed by atoms with Gasteiger partial charge in [0.25, 0.3) is 0 Å². The van der Waals surface area contributed by atoms with Crippen LogP contribution in [-0.2, 0) is 5.60 Å². The summed E-state index contributed by atoms with van der Waals surface area (Å²) >= 11 is 0. The molecule has 0 aromatic heterocycles. The van der Waals surface area contributed by atoms with Gasteiger partial charge < -0.3 is 5.11 Å². The Morgan fingerprint density at radius 3 is 2.24 bits per heavy atom. The number of β-amino-alcohol motifs (C(OH)–C–C–N with tert-alkyl or cyclic N) is 1. The minimum absolute atomic E-state index is 0.655. The maximum atomic E-state index is 10.9. The van der Waals surface area contributed by atoms with Gasteiger partial charge in [0, 0.05) is 19.1 Å². The van der Waals surface area contributed by atoms with E-state index in [0.29, 0.717) is 0 Å². The Bertz CT molecular complexity index is 618. The number of hydrogen-bond acceptors (Lipinski definition) is 2. The van der Waals surface area contributed by atoms with Crippen molar-refractivity contribution in [2.75, 3.05) is 13.1 Å². The lowest BCUT2D eigenvalue weighted by atomic mass is 9.91. The molecule has 1 unspecified atom stereocenters. The Morgan fingerprint density at radius 1 is 0.905 bits per heavy atom. The molecule has 1 aliphatic carbocycles. The average molecular weight is 279 g/mol. The second-order valence-corrected chi connectivity index (χ2v) is 6.43. The molecule has 1 heterocycles. The number of aliphatic hydroxyl groups is 1.